The maximum absolute atomic E-state index is 13.2. The number of hydrogen-bond acceptors (Lipinski definition) is 5. The second kappa shape index (κ2) is 9.58. The Morgan fingerprint density at radius 2 is 1.69 bits per heavy atom. The summed E-state index contributed by atoms with van der Waals surface area (Å²) in [7, 11) is 1.65. The lowest BCUT2D eigenvalue weighted by Gasteiger charge is -2.40. The third kappa shape index (κ3) is 4.59. The lowest BCUT2D eigenvalue weighted by atomic mass is 10.0. The van der Waals surface area contributed by atoms with Crippen LogP contribution in [0.3, 0.4) is 0 Å². The first kappa shape index (κ1) is 22.6. The Bertz CT molecular complexity index is 1340. The standard InChI is InChI=1S/C27H26FN5O2/c1-18-17-32(15-16-33(18)27(34)29-21-11-9-20(28)10-12-21)26-24-6-4-3-5-23(24)25(30-31-26)19-7-13-22(35-2)14-8-19/h3-14,18H,15-17H2,1-2H3,(H,29,34). The molecular formula is C27H26FN5O2. The minimum absolute atomic E-state index is 0.0500. The summed E-state index contributed by atoms with van der Waals surface area (Å²) < 4.78 is 18.4. The number of carbonyl (C=O) groups is 1. The predicted molar refractivity (Wildman–Crippen MR) is 135 cm³/mol. The molecule has 1 fully saturated rings. The van der Waals surface area contributed by atoms with Crippen LogP contribution in [0.5, 0.6) is 5.75 Å². The fourth-order valence-electron chi connectivity index (χ4n) is 4.47. The second-order valence-corrected chi connectivity index (χ2v) is 8.57. The Labute approximate surface area is 203 Å². The van der Waals surface area contributed by atoms with Gasteiger partial charge in [0.2, 0.25) is 0 Å². The van der Waals surface area contributed by atoms with Crippen molar-refractivity contribution >= 4 is 28.3 Å². The average molecular weight is 472 g/mol. The number of rotatable bonds is 4. The van der Waals surface area contributed by atoms with E-state index >= 15 is 0 Å². The van der Waals surface area contributed by atoms with Crippen molar-refractivity contribution in [2.45, 2.75) is 13.0 Å². The minimum atomic E-state index is -0.337. The molecule has 1 atom stereocenters. The Balaban J connectivity index is 1.36. The molecule has 3 aromatic carbocycles. The molecule has 0 saturated carbocycles. The molecular weight excluding hydrogens is 445 g/mol. The van der Waals surface area contributed by atoms with Gasteiger partial charge in [-0.1, -0.05) is 24.3 Å². The molecule has 35 heavy (non-hydrogen) atoms. The molecule has 7 nitrogen and oxygen atoms in total. The van der Waals surface area contributed by atoms with Gasteiger partial charge in [0, 0.05) is 47.7 Å². The van der Waals surface area contributed by atoms with Gasteiger partial charge in [0.15, 0.2) is 5.82 Å². The molecule has 1 saturated heterocycles. The van der Waals surface area contributed by atoms with Gasteiger partial charge in [-0.2, -0.15) is 0 Å². The van der Waals surface area contributed by atoms with E-state index in [1.54, 1.807) is 24.1 Å². The summed E-state index contributed by atoms with van der Waals surface area (Å²) in [6, 6.07) is 21.4. The summed E-state index contributed by atoms with van der Waals surface area (Å²) in [5.74, 6) is 1.26. The SMILES string of the molecule is COc1ccc(-c2nnc(N3CCN(C(=O)Nc4ccc(F)cc4)C(C)C3)c3ccccc23)cc1. The number of halogens is 1. The van der Waals surface area contributed by atoms with E-state index in [2.05, 4.69) is 32.5 Å². The van der Waals surface area contributed by atoms with Gasteiger partial charge in [-0.3, -0.25) is 0 Å². The van der Waals surface area contributed by atoms with Crippen molar-refractivity contribution in [3.8, 4) is 17.0 Å². The lowest BCUT2D eigenvalue weighted by molar-refractivity contribution is 0.184. The number of nitrogens with zero attached hydrogens (tertiary/aromatic N) is 4. The number of aromatic nitrogens is 2. The smallest absolute Gasteiger partial charge is 0.322 e. The van der Waals surface area contributed by atoms with E-state index in [9.17, 15) is 9.18 Å². The zero-order valence-corrected chi connectivity index (χ0v) is 19.6. The van der Waals surface area contributed by atoms with Crippen molar-refractivity contribution in [1.29, 1.82) is 0 Å². The highest BCUT2D eigenvalue weighted by Gasteiger charge is 2.29. The average Bonchev–Trinajstić information content (AvgIpc) is 2.89. The van der Waals surface area contributed by atoms with Crippen LogP contribution in [0, 0.1) is 5.82 Å². The maximum atomic E-state index is 13.2. The molecule has 0 radical (unpaired) electrons. The van der Waals surface area contributed by atoms with E-state index in [1.807, 2.05) is 43.3 Å². The van der Waals surface area contributed by atoms with Gasteiger partial charge in [-0.05, 0) is 55.5 Å². The van der Waals surface area contributed by atoms with Crippen molar-refractivity contribution < 1.29 is 13.9 Å². The number of methoxy groups -OCH3 is 1. The van der Waals surface area contributed by atoms with Crippen LogP contribution in [0.4, 0.5) is 20.7 Å². The number of ether oxygens (including phenoxy) is 1. The monoisotopic (exact) mass is 471 g/mol. The Hall–Kier alpha value is -4.20. The quantitative estimate of drug-likeness (QED) is 0.444. The molecule has 1 aliphatic heterocycles. The Kier molecular flexibility index (Phi) is 6.18. The number of carbonyl (C=O) groups excluding carboxylic acids is 1. The van der Waals surface area contributed by atoms with Crippen molar-refractivity contribution in [3.05, 3.63) is 78.6 Å². The molecule has 1 aromatic heterocycles. The molecule has 0 bridgehead atoms. The third-order valence-corrected chi connectivity index (χ3v) is 6.31. The first-order valence-corrected chi connectivity index (χ1v) is 11.5. The Morgan fingerprint density at radius 1 is 0.971 bits per heavy atom. The van der Waals surface area contributed by atoms with Crippen LogP contribution >= 0.6 is 0 Å². The summed E-state index contributed by atoms with van der Waals surface area (Å²) in [6.07, 6.45) is 0. The van der Waals surface area contributed by atoms with E-state index in [-0.39, 0.29) is 17.9 Å². The van der Waals surface area contributed by atoms with Crippen molar-refractivity contribution in [3.63, 3.8) is 0 Å². The van der Waals surface area contributed by atoms with Crippen LogP contribution in [0.15, 0.2) is 72.8 Å². The topological polar surface area (TPSA) is 70.6 Å². The van der Waals surface area contributed by atoms with E-state index in [0.717, 1.165) is 33.6 Å². The van der Waals surface area contributed by atoms with E-state index in [0.29, 0.717) is 25.3 Å². The third-order valence-electron chi connectivity index (χ3n) is 6.31. The number of benzene rings is 3. The first-order valence-electron chi connectivity index (χ1n) is 11.5. The highest BCUT2D eigenvalue weighted by Crippen LogP contribution is 2.33. The summed E-state index contributed by atoms with van der Waals surface area (Å²) in [4.78, 5) is 16.8. The first-order chi connectivity index (χ1) is 17.0. The number of nitrogens with one attached hydrogen (secondary N) is 1. The predicted octanol–water partition coefficient (Wildman–Crippen LogP) is 5.19. The normalized spacial score (nSPS) is 15.8. The highest BCUT2D eigenvalue weighted by molar-refractivity contribution is 6.00. The van der Waals surface area contributed by atoms with Gasteiger partial charge in [0.1, 0.15) is 17.3 Å². The van der Waals surface area contributed by atoms with Gasteiger partial charge in [0.25, 0.3) is 0 Å². The van der Waals surface area contributed by atoms with Crippen LogP contribution in [0.2, 0.25) is 0 Å². The van der Waals surface area contributed by atoms with Crippen LogP contribution in [-0.2, 0) is 0 Å². The molecule has 1 unspecified atom stereocenters. The second-order valence-electron chi connectivity index (χ2n) is 8.57. The van der Waals surface area contributed by atoms with Gasteiger partial charge < -0.3 is 19.9 Å². The largest absolute Gasteiger partial charge is 0.497 e. The zero-order chi connectivity index (χ0) is 24.4. The van der Waals surface area contributed by atoms with Gasteiger partial charge in [-0.15, -0.1) is 10.2 Å². The maximum Gasteiger partial charge on any atom is 0.322 e. The molecule has 4 aromatic rings. The molecule has 2 amide bonds. The molecule has 1 aliphatic rings. The van der Waals surface area contributed by atoms with Crippen LogP contribution in [0.1, 0.15) is 6.92 Å². The van der Waals surface area contributed by atoms with Crippen molar-refractivity contribution in [2.24, 2.45) is 0 Å². The number of piperazine rings is 1. The van der Waals surface area contributed by atoms with E-state index in [1.165, 1.54) is 12.1 Å². The lowest BCUT2D eigenvalue weighted by Crippen LogP contribution is -2.55. The van der Waals surface area contributed by atoms with Gasteiger partial charge in [0.05, 0.1) is 7.11 Å². The summed E-state index contributed by atoms with van der Waals surface area (Å²) in [5.41, 5.74) is 2.35. The molecule has 2 heterocycles. The van der Waals surface area contributed by atoms with E-state index < -0.39 is 0 Å². The summed E-state index contributed by atoms with van der Waals surface area (Å²) in [6.45, 7) is 3.79. The molecule has 1 N–H and O–H groups in total. The molecule has 8 heteroatoms. The van der Waals surface area contributed by atoms with Crippen LogP contribution in [0.25, 0.3) is 22.0 Å². The molecule has 5 rings (SSSR count). The van der Waals surface area contributed by atoms with Crippen molar-refractivity contribution in [2.75, 3.05) is 37.0 Å². The summed E-state index contributed by atoms with van der Waals surface area (Å²) >= 11 is 0. The number of urea groups is 1. The van der Waals surface area contributed by atoms with Crippen LogP contribution < -0.4 is 15.0 Å². The molecule has 178 valence electrons. The number of anilines is 2. The number of amides is 2. The molecule has 0 spiro atoms. The number of hydrogen-bond donors (Lipinski definition) is 1. The van der Waals surface area contributed by atoms with Gasteiger partial charge in [-0.25, -0.2) is 9.18 Å². The minimum Gasteiger partial charge on any atom is -0.497 e. The van der Waals surface area contributed by atoms with E-state index in [4.69, 9.17) is 4.74 Å². The van der Waals surface area contributed by atoms with Crippen molar-refractivity contribution in [1.82, 2.24) is 15.1 Å². The van der Waals surface area contributed by atoms with Gasteiger partial charge >= 0.3 is 6.03 Å². The van der Waals surface area contributed by atoms with Crippen LogP contribution in [-0.4, -0.2) is 53.9 Å². The molecule has 0 aliphatic carbocycles. The zero-order valence-electron chi connectivity index (χ0n) is 19.6. The fraction of sp³-hybridized carbons (Fsp3) is 0.222. The summed E-state index contributed by atoms with van der Waals surface area (Å²) in [5, 5.41) is 14.1. The fourth-order valence-corrected chi connectivity index (χ4v) is 4.47. The highest BCUT2D eigenvalue weighted by atomic mass is 19.1. The number of fused-ring (bicyclic) bond motifs is 1. The Morgan fingerprint density at radius 3 is 2.37 bits per heavy atom.